The summed E-state index contributed by atoms with van der Waals surface area (Å²) < 4.78 is 5.75. The predicted molar refractivity (Wildman–Crippen MR) is 87.6 cm³/mol. The van der Waals surface area contributed by atoms with Gasteiger partial charge in [0.1, 0.15) is 17.9 Å². The van der Waals surface area contributed by atoms with Crippen molar-refractivity contribution < 1.29 is 9.53 Å². The van der Waals surface area contributed by atoms with E-state index < -0.39 is 0 Å². The van der Waals surface area contributed by atoms with Crippen LogP contribution in [0.1, 0.15) is 13.8 Å². The van der Waals surface area contributed by atoms with Gasteiger partial charge in [0.25, 0.3) is 0 Å². The molecule has 3 rings (SSSR count). The fourth-order valence-electron chi connectivity index (χ4n) is 2.80. The fraction of sp³-hybridized carbons (Fsp3) is 0.353. The van der Waals surface area contributed by atoms with Crippen molar-refractivity contribution in [1.82, 2.24) is 14.9 Å². The lowest BCUT2D eigenvalue weighted by Crippen LogP contribution is -2.53. The van der Waals surface area contributed by atoms with E-state index in [-0.39, 0.29) is 11.9 Å². The lowest BCUT2D eigenvalue weighted by molar-refractivity contribution is -0.131. The van der Waals surface area contributed by atoms with Crippen molar-refractivity contribution in [2.45, 2.75) is 19.9 Å². The van der Waals surface area contributed by atoms with Gasteiger partial charge in [-0.25, -0.2) is 9.97 Å². The van der Waals surface area contributed by atoms with Gasteiger partial charge in [-0.2, -0.15) is 0 Å². The second-order valence-corrected chi connectivity index (χ2v) is 5.64. The van der Waals surface area contributed by atoms with Gasteiger partial charge in [-0.05, 0) is 19.1 Å². The standard InChI is InChI=1S/C17H20N4O2/c1-13-11-20(8-9-21(13)14(2)22)16-10-17(19-12-18-16)23-15-6-4-3-5-7-15/h3-7,10,12-13H,8-9,11H2,1-2H3. The van der Waals surface area contributed by atoms with Crippen molar-refractivity contribution >= 4 is 11.7 Å². The van der Waals surface area contributed by atoms with E-state index in [1.807, 2.05) is 41.3 Å². The third-order valence-corrected chi connectivity index (χ3v) is 3.95. The summed E-state index contributed by atoms with van der Waals surface area (Å²) in [6, 6.07) is 11.5. The molecule has 0 spiro atoms. The minimum atomic E-state index is 0.118. The van der Waals surface area contributed by atoms with Gasteiger partial charge in [0.05, 0.1) is 0 Å². The normalized spacial score (nSPS) is 17.9. The average Bonchev–Trinajstić information content (AvgIpc) is 2.55. The molecule has 0 bridgehead atoms. The molecule has 120 valence electrons. The number of piperazine rings is 1. The van der Waals surface area contributed by atoms with Gasteiger partial charge in [-0.1, -0.05) is 18.2 Å². The lowest BCUT2D eigenvalue weighted by Gasteiger charge is -2.39. The van der Waals surface area contributed by atoms with E-state index in [0.29, 0.717) is 12.4 Å². The van der Waals surface area contributed by atoms with Crippen molar-refractivity contribution in [3.05, 3.63) is 42.7 Å². The summed E-state index contributed by atoms with van der Waals surface area (Å²) in [5.74, 6) is 2.20. The molecule has 1 amide bonds. The lowest BCUT2D eigenvalue weighted by atomic mass is 10.2. The Morgan fingerprint density at radius 3 is 2.70 bits per heavy atom. The number of para-hydroxylation sites is 1. The molecule has 2 heterocycles. The zero-order chi connectivity index (χ0) is 16.2. The molecule has 2 aromatic rings. The molecule has 0 saturated carbocycles. The van der Waals surface area contributed by atoms with Crippen molar-refractivity contribution in [2.24, 2.45) is 0 Å². The summed E-state index contributed by atoms with van der Waals surface area (Å²) in [5.41, 5.74) is 0. The molecule has 1 fully saturated rings. The first-order valence-corrected chi connectivity index (χ1v) is 7.70. The van der Waals surface area contributed by atoms with Crippen molar-refractivity contribution in [2.75, 3.05) is 24.5 Å². The Balaban J connectivity index is 1.72. The van der Waals surface area contributed by atoms with E-state index in [1.165, 1.54) is 6.33 Å². The molecule has 1 aliphatic heterocycles. The summed E-state index contributed by atoms with van der Waals surface area (Å²) in [6.07, 6.45) is 1.51. The first kappa shape index (κ1) is 15.3. The molecule has 6 nitrogen and oxygen atoms in total. The number of nitrogens with zero attached hydrogens (tertiary/aromatic N) is 4. The second kappa shape index (κ2) is 6.64. The number of benzene rings is 1. The largest absolute Gasteiger partial charge is 0.439 e. The average molecular weight is 312 g/mol. The summed E-state index contributed by atoms with van der Waals surface area (Å²) in [6.45, 7) is 5.88. The minimum Gasteiger partial charge on any atom is -0.439 e. The summed E-state index contributed by atoms with van der Waals surface area (Å²) in [4.78, 5) is 24.1. The number of hydrogen-bond acceptors (Lipinski definition) is 5. The predicted octanol–water partition coefficient (Wildman–Crippen LogP) is 2.33. The summed E-state index contributed by atoms with van der Waals surface area (Å²) >= 11 is 0. The van der Waals surface area contributed by atoms with Gasteiger partial charge in [0.15, 0.2) is 0 Å². The van der Waals surface area contributed by atoms with Gasteiger partial charge in [0.2, 0.25) is 11.8 Å². The number of carbonyl (C=O) groups excluding carboxylic acids is 1. The molecule has 6 heteroatoms. The smallest absolute Gasteiger partial charge is 0.224 e. The van der Waals surface area contributed by atoms with Crippen LogP contribution < -0.4 is 9.64 Å². The number of anilines is 1. The fourth-order valence-corrected chi connectivity index (χ4v) is 2.80. The molecule has 1 saturated heterocycles. The maximum Gasteiger partial charge on any atom is 0.224 e. The van der Waals surface area contributed by atoms with Crippen LogP contribution in [0.15, 0.2) is 42.7 Å². The van der Waals surface area contributed by atoms with Crippen LogP contribution in [-0.4, -0.2) is 46.5 Å². The molecule has 0 aliphatic carbocycles. The molecular formula is C17H20N4O2. The number of aromatic nitrogens is 2. The monoisotopic (exact) mass is 312 g/mol. The highest BCUT2D eigenvalue weighted by molar-refractivity contribution is 5.74. The van der Waals surface area contributed by atoms with Gasteiger partial charge in [-0.15, -0.1) is 0 Å². The Labute approximate surface area is 135 Å². The van der Waals surface area contributed by atoms with E-state index >= 15 is 0 Å². The van der Waals surface area contributed by atoms with E-state index in [1.54, 1.807) is 6.92 Å². The Hall–Kier alpha value is -2.63. The molecular weight excluding hydrogens is 292 g/mol. The topological polar surface area (TPSA) is 58.6 Å². The van der Waals surface area contributed by atoms with E-state index in [0.717, 1.165) is 24.7 Å². The molecule has 1 aliphatic rings. The Morgan fingerprint density at radius 2 is 2.00 bits per heavy atom. The molecule has 23 heavy (non-hydrogen) atoms. The molecule has 1 aromatic carbocycles. The van der Waals surface area contributed by atoms with Gasteiger partial charge in [0, 0.05) is 38.7 Å². The molecule has 1 aromatic heterocycles. The highest BCUT2D eigenvalue weighted by Crippen LogP contribution is 2.23. The van der Waals surface area contributed by atoms with Gasteiger partial charge < -0.3 is 14.5 Å². The van der Waals surface area contributed by atoms with Crippen molar-refractivity contribution in [3.8, 4) is 11.6 Å². The highest BCUT2D eigenvalue weighted by Gasteiger charge is 2.26. The third-order valence-electron chi connectivity index (χ3n) is 3.95. The zero-order valence-electron chi connectivity index (χ0n) is 13.3. The summed E-state index contributed by atoms with van der Waals surface area (Å²) in [5, 5.41) is 0. The van der Waals surface area contributed by atoms with Crippen molar-refractivity contribution in [3.63, 3.8) is 0 Å². The quantitative estimate of drug-likeness (QED) is 0.870. The Bertz CT molecular complexity index is 677. The number of carbonyl (C=O) groups is 1. The van der Waals surface area contributed by atoms with Crippen LogP contribution in [0, 0.1) is 0 Å². The van der Waals surface area contributed by atoms with E-state index in [9.17, 15) is 4.79 Å². The maximum atomic E-state index is 11.6. The Morgan fingerprint density at radius 1 is 1.22 bits per heavy atom. The van der Waals surface area contributed by atoms with Crippen LogP contribution in [0.2, 0.25) is 0 Å². The van der Waals surface area contributed by atoms with Crippen molar-refractivity contribution in [1.29, 1.82) is 0 Å². The highest BCUT2D eigenvalue weighted by atomic mass is 16.5. The molecule has 0 N–H and O–H groups in total. The SMILES string of the molecule is CC(=O)N1CCN(c2cc(Oc3ccccc3)ncn2)CC1C. The van der Waals surface area contributed by atoms with Crippen LogP contribution in [0.5, 0.6) is 11.6 Å². The number of hydrogen-bond donors (Lipinski definition) is 0. The number of ether oxygens (including phenoxy) is 1. The van der Waals surface area contributed by atoms with Crippen LogP contribution in [0.3, 0.4) is 0 Å². The number of rotatable bonds is 3. The number of amides is 1. The van der Waals surface area contributed by atoms with Crippen LogP contribution in [0.4, 0.5) is 5.82 Å². The first-order chi connectivity index (χ1) is 11.1. The zero-order valence-corrected chi connectivity index (χ0v) is 13.3. The molecule has 1 atom stereocenters. The van der Waals surface area contributed by atoms with Gasteiger partial charge in [-0.3, -0.25) is 4.79 Å². The minimum absolute atomic E-state index is 0.118. The van der Waals surface area contributed by atoms with E-state index in [4.69, 9.17) is 4.74 Å². The maximum absolute atomic E-state index is 11.6. The second-order valence-electron chi connectivity index (χ2n) is 5.64. The van der Waals surface area contributed by atoms with E-state index in [2.05, 4.69) is 21.8 Å². The first-order valence-electron chi connectivity index (χ1n) is 7.70. The molecule has 1 unspecified atom stereocenters. The Kier molecular flexibility index (Phi) is 4.41. The summed E-state index contributed by atoms with van der Waals surface area (Å²) in [7, 11) is 0. The van der Waals surface area contributed by atoms with Gasteiger partial charge >= 0.3 is 0 Å². The van der Waals surface area contributed by atoms with Crippen LogP contribution in [-0.2, 0) is 4.79 Å². The third kappa shape index (κ3) is 3.59. The van der Waals surface area contributed by atoms with Crippen LogP contribution >= 0.6 is 0 Å². The van der Waals surface area contributed by atoms with Crippen LogP contribution in [0.25, 0.3) is 0 Å². The molecule has 0 radical (unpaired) electrons.